The van der Waals surface area contributed by atoms with Crippen molar-refractivity contribution in [2.45, 2.75) is 65.0 Å². The van der Waals surface area contributed by atoms with Gasteiger partial charge in [-0.25, -0.2) is 4.79 Å². The molecule has 0 bridgehead atoms. The zero-order chi connectivity index (χ0) is 17.9. The van der Waals surface area contributed by atoms with Crippen LogP contribution in [0, 0.1) is 0 Å². The predicted molar refractivity (Wildman–Crippen MR) is 101 cm³/mol. The Morgan fingerprint density at radius 1 is 1.20 bits per heavy atom. The minimum Gasteiger partial charge on any atom is -0.494 e. The summed E-state index contributed by atoms with van der Waals surface area (Å²) in [4.78, 5) is 14.2. The fourth-order valence-corrected chi connectivity index (χ4v) is 3.04. The van der Waals surface area contributed by atoms with E-state index in [0.717, 1.165) is 25.3 Å². The van der Waals surface area contributed by atoms with Crippen LogP contribution in [0.4, 0.5) is 10.5 Å². The third-order valence-corrected chi connectivity index (χ3v) is 4.53. The first-order chi connectivity index (χ1) is 12.2. The molecule has 1 fully saturated rings. The number of amides is 1. The molecular weight excluding hydrogens is 316 g/mol. The first-order valence-corrected chi connectivity index (χ1v) is 9.63. The Bertz CT molecular complexity index is 515. The van der Waals surface area contributed by atoms with E-state index < -0.39 is 6.09 Å². The number of rotatable bonds is 10. The molecule has 2 rings (SSSR count). The second-order valence-electron chi connectivity index (χ2n) is 6.66. The van der Waals surface area contributed by atoms with Crippen LogP contribution >= 0.6 is 0 Å². The molecule has 140 valence electrons. The Hall–Kier alpha value is -1.75. The summed E-state index contributed by atoms with van der Waals surface area (Å²) < 4.78 is 11.2. The van der Waals surface area contributed by atoms with E-state index in [2.05, 4.69) is 17.1 Å². The molecule has 1 aliphatic heterocycles. The molecule has 0 saturated carbocycles. The molecule has 0 spiro atoms. The summed E-state index contributed by atoms with van der Waals surface area (Å²) in [6.07, 6.45) is 7.81. The number of likely N-dealkylation sites (tertiary alicyclic amines) is 1. The third kappa shape index (κ3) is 7.34. The molecule has 1 aromatic carbocycles. The van der Waals surface area contributed by atoms with Crippen molar-refractivity contribution in [3.63, 3.8) is 0 Å². The summed E-state index contributed by atoms with van der Waals surface area (Å²) in [5.74, 6) is 0.779. The van der Waals surface area contributed by atoms with E-state index in [1.807, 2.05) is 31.2 Å². The number of benzene rings is 1. The van der Waals surface area contributed by atoms with E-state index in [-0.39, 0.29) is 6.23 Å². The normalized spacial score (nSPS) is 15.8. The lowest BCUT2D eigenvalue weighted by Crippen LogP contribution is -2.35. The van der Waals surface area contributed by atoms with Crippen LogP contribution in [0.5, 0.6) is 5.75 Å². The van der Waals surface area contributed by atoms with Gasteiger partial charge in [-0.3, -0.25) is 10.2 Å². The lowest BCUT2D eigenvalue weighted by molar-refractivity contribution is 0.0195. The summed E-state index contributed by atoms with van der Waals surface area (Å²) >= 11 is 0. The van der Waals surface area contributed by atoms with Crippen molar-refractivity contribution in [1.82, 2.24) is 4.90 Å². The number of nitrogens with zero attached hydrogens (tertiary/aromatic N) is 1. The van der Waals surface area contributed by atoms with E-state index in [1.165, 1.54) is 38.5 Å². The number of ether oxygens (including phenoxy) is 2. The van der Waals surface area contributed by atoms with Gasteiger partial charge in [0.2, 0.25) is 0 Å². The number of hydrogen-bond donors (Lipinski definition) is 1. The average molecular weight is 348 g/mol. The van der Waals surface area contributed by atoms with Gasteiger partial charge in [-0.2, -0.15) is 0 Å². The van der Waals surface area contributed by atoms with Crippen molar-refractivity contribution < 1.29 is 14.3 Å². The first kappa shape index (κ1) is 19.6. The van der Waals surface area contributed by atoms with Crippen LogP contribution in [0.25, 0.3) is 0 Å². The van der Waals surface area contributed by atoms with Crippen molar-refractivity contribution in [2.24, 2.45) is 0 Å². The molecule has 1 aromatic rings. The Balaban J connectivity index is 1.71. The smallest absolute Gasteiger partial charge is 0.413 e. The Morgan fingerprint density at radius 2 is 1.96 bits per heavy atom. The van der Waals surface area contributed by atoms with Crippen LogP contribution < -0.4 is 10.1 Å². The number of anilines is 1. The number of hydrogen-bond acceptors (Lipinski definition) is 4. The van der Waals surface area contributed by atoms with E-state index in [4.69, 9.17) is 9.47 Å². The molecule has 1 atom stereocenters. The molecular formula is C20H32N2O3. The highest BCUT2D eigenvalue weighted by molar-refractivity contribution is 5.84. The van der Waals surface area contributed by atoms with Gasteiger partial charge in [0.05, 0.1) is 6.61 Å². The second-order valence-corrected chi connectivity index (χ2v) is 6.66. The van der Waals surface area contributed by atoms with Gasteiger partial charge in [-0.1, -0.05) is 38.7 Å². The minimum atomic E-state index is -0.420. The van der Waals surface area contributed by atoms with Crippen LogP contribution in [-0.4, -0.2) is 36.9 Å². The SMILES string of the molecule is CCCCCCCOc1cccc(NC(=O)OC(C)N2CCCC2)c1. The van der Waals surface area contributed by atoms with Gasteiger partial charge in [0.15, 0.2) is 6.23 Å². The molecule has 5 heteroatoms. The maximum atomic E-state index is 12.1. The van der Waals surface area contributed by atoms with Crippen molar-refractivity contribution in [1.29, 1.82) is 0 Å². The fraction of sp³-hybridized carbons (Fsp3) is 0.650. The molecule has 1 heterocycles. The molecule has 1 unspecified atom stereocenters. The standard InChI is InChI=1S/C20H32N2O3/c1-3-4-5-6-9-15-24-19-12-10-11-18(16-19)21-20(23)25-17(2)22-13-7-8-14-22/h10-12,16-17H,3-9,13-15H2,1-2H3,(H,21,23). The highest BCUT2D eigenvalue weighted by Crippen LogP contribution is 2.19. The summed E-state index contributed by atoms with van der Waals surface area (Å²) in [7, 11) is 0. The lowest BCUT2D eigenvalue weighted by atomic mass is 10.2. The van der Waals surface area contributed by atoms with Crippen LogP contribution in [0.2, 0.25) is 0 Å². The van der Waals surface area contributed by atoms with Gasteiger partial charge < -0.3 is 9.47 Å². The molecule has 1 amide bonds. The van der Waals surface area contributed by atoms with Crippen molar-refractivity contribution in [2.75, 3.05) is 25.0 Å². The Labute approximate surface area is 151 Å². The lowest BCUT2D eigenvalue weighted by Gasteiger charge is -2.23. The van der Waals surface area contributed by atoms with Crippen LogP contribution in [0.15, 0.2) is 24.3 Å². The zero-order valence-corrected chi connectivity index (χ0v) is 15.6. The summed E-state index contributed by atoms with van der Waals surface area (Å²) in [6, 6.07) is 7.48. The summed E-state index contributed by atoms with van der Waals surface area (Å²) in [5, 5.41) is 2.79. The number of carbonyl (C=O) groups is 1. The summed E-state index contributed by atoms with van der Waals surface area (Å²) in [6.45, 7) is 6.84. The molecule has 1 N–H and O–H groups in total. The zero-order valence-electron chi connectivity index (χ0n) is 15.6. The van der Waals surface area contributed by atoms with E-state index in [0.29, 0.717) is 12.3 Å². The third-order valence-electron chi connectivity index (χ3n) is 4.53. The van der Waals surface area contributed by atoms with Crippen LogP contribution in [-0.2, 0) is 4.74 Å². The van der Waals surface area contributed by atoms with Crippen LogP contribution in [0.3, 0.4) is 0 Å². The van der Waals surface area contributed by atoms with Gasteiger partial charge in [0, 0.05) is 24.8 Å². The number of carbonyl (C=O) groups excluding carboxylic acids is 1. The van der Waals surface area contributed by atoms with Crippen molar-refractivity contribution >= 4 is 11.8 Å². The van der Waals surface area contributed by atoms with Gasteiger partial charge >= 0.3 is 6.09 Å². The van der Waals surface area contributed by atoms with E-state index in [9.17, 15) is 4.79 Å². The fourth-order valence-electron chi connectivity index (χ4n) is 3.04. The molecule has 0 radical (unpaired) electrons. The minimum absolute atomic E-state index is 0.190. The largest absolute Gasteiger partial charge is 0.494 e. The number of nitrogens with one attached hydrogen (secondary N) is 1. The number of unbranched alkanes of at least 4 members (excludes halogenated alkanes) is 4. The summed E-state index contributed by atoms with van der Waals surface area (Å²) in [5.41, 5.74) is 0.696. The van der Waals surface area contributed by atoms with Gasteiger partial charge in [0.25, 0.3) is 0 Å². The van der Waals surface area contributed by atoms with Crippen molar-refractivity contribution in [3.05, 3.63) is 24.3 Å². The topological polar surface area (TPSA) is 50.8 Å². The molecule has 0 aromatic heterocycles. The van der Waals surface area contributed by atoms with Gasteiger partial charge in [-0.15, -0.1) is 0 Å². The van der Waals surface area contributed by atoms with E-state index in [1.54, 1.807) is 0 Å². The van der Waals surface area contributed by atoms with E-state index >= 15 is 0 Å². The first-order valence-electron chi connectivity index (χ1n) is 9.63. The molecule has 1 aliphatic rings. The van der Waals surface area contributed by atoms with Crippen LogP contribution in [0.1, 0.15) is 58.8 Å². The second kappa shape index (κ2) is 11.0. The Kier molecular flexibility index (Phi) is 8.60. The average Bonchev–Trinajstić information content (AvgIpc) is 3.13. The maximum absolute atomic E-state index is 12.1. The van der Waals surface area contributed by atoms with Gasteiger partial charge in [0.1, 0.15) is 5.75 Å². The van der Waals surface area contributed by atoms with Crippen molar-refractivity contribution in [3.8, 4) is 5.75 Å². The quantitative estimate of drug-likeness (QED) is 0.603. The maximum Gasteiger partial charge on any atom is 0.413 e. The predicted octanol–water partition coefficient (Wildman–Crippen LogP) is 5.03. The molecule has 0 aliphatic carbocycles. The molecule has 5 nitrogen and oxygen atoms in total. The highest BCUT2D eigenvalue weighted by atomic mass is 16.6. The Morgan fingerprint density at radius 3 is 2.72 bits per heavy atom. The van der Waals surface area contributed by atoms with Gasteiger partial charge in [-0.05, 0) is 38.3 Å². The monoisotopic (exact) mass is 348 g/mol. The highest BCUT2D eigenvalue weighted by Gasteiger charge is 2.21. The molecule has 1 saturated heterocycles. The molecule has 25 heavy (non-hydrogen) atoms.